The summed E-state index contributed by atoms with van der Waals surface area (Å²) >= 11 is 0. The fourth-order valence-corrected chi connectivity index (χ4v) is 10.4. The summed E-state index contributed by atoms with van der Waals surface area (Å²) in [6, 6.07) is 0. The molecule has 0 aromatic rings. The fourth-order valence-electron chi connectivity index (χ4n) is 8.81. The number of rotatable bonds is 66. The largest absolute Gasteiger partial charge is 0.472 e. The Morgan fingerprint density at radius 2 is 0.568 bits per heavy atom. The Morgan fingerprint density at radius 1 is 0.305 bits per heavy atom. The summed E-state index contributed by atoms with van der Waals surface area (Å²) < 4.78 is 60.9. The van der Waals surface area contributed by atoms with E-state index in [9.17, 15) is 43.5 Å². The van der Waals surface area contributed by atoms with Crippen LogP contribution in [0.25, 0.3) is 0 Å². The first kappa shape index (κ1) is 90.2. The van der Waals surface area contributed by atoms with Crippen LogP contribution in [0.1, 0.15) is 252 Å². The van der Waals surface area contributed by atoms with Crippen molar-refractivity contribution < 1.29 is 75.8 Å². The molecular formula is C77H126O16P2. The highest BCUT2D eigenvalue weighted by Crippen LogP contribution is 2.45. The maximum atomic E-state index is 12.9. The second-order valence-corrected chi connectivity index (χ2v) is 26.2. The van der Waals surface area contributed by atoms with Crippen molar-refractivity contribution in [3.8, 4) is 0 Å². The van der Waals surface area contributed by atoms with E-state index < -0.39 is 91.5 Å². The molecule has 5 atom stereocenters. The van der Waals surface area contributed by atoms with E-state index in [4.69, 9.17) is 32.3 Å². The zero-order valence-electron chi connectivity index (χ0n) is 58.5. The fraction of sp³-hybridized carbons (Fsp3) is 0.623. The van der Waals surface area contributed by atoms with Crippen LogP contribution in [0.5, 0.6) is 0 Å². The van der Waals surface area contributed by atoms with Crippen LogP contribution in [-0.2, 0) is 55.8 Å². The minimum absolute atomic E-state index is 0.0581. The van der Waals surface area contributed by atoms with Crippen LogP contribution in [0.3, 0.4) is 0 Å². The molecule has 0 aromatic carbocycles. The summed E-state index contributed by atoms with van der Waals surface area (Å²) in [6.07, 6.45) is 84.4. The second-order valence-electron chi connectivity index (χ2n) is 23.3. The van der Waals surface area contributed by atoms with Gasteiger partial charge in [0.25, 0.3) is 0 Å². The molecule has 0 saturated carbocycles. The third-order valence-electron chi connectivity index (χ3n) is 14.2. The molecule has 16 nitrogen and oxygen atoms in total. The van der Waals surface area contributed by atoms with Crippen LogP contribution < -0.4 is 0 Å². The minimum Gasteiger partial charge on any atom is -0.463 e. The van der Waals surface area contributed by atoms with Gasteiger partial charge in [0.05, 0.1) is 26.4 Å². The molecule has 0 aliphatic rings. The molecule has 540 valence electrons. The molecule has 5 unspecified atom stereocenters. The molecule has 0 rings (SSSR count). The summed E-state index contributed by atoms with van der Waals surface area (Å²) in [4.78, 5) is 58.4. The number of hydrogen-bond donors (Lipinski definition) is 4. The van der Waals surface area contributed by atoms with Crippen LogP contribution >= 0.6 is 15.6 Å². The monoisotopic (exact) mass is 1370 g/mol. The van der Waals surface area contributed by atoms with Gasteiger partial charge in [-0.25, -0.2) is 9.13 Å². The number of carbonyl (C=O) groups excluding carboxylic acids is 3. The van der Waals surface area contributed by atoms with Crippen LogP contribution in [0, 0.1) is 0 Å². The van der Waals surface area contributed by atoms with Gasteiger partial charge in [0, 0.05) is 19.3 Å². The average Bonchev–Trinajstić information content (AvgIpc) is 2.06. The van der Waals surface area contributed by atoms with Crippen molar-refractivity contribution in [1.82, 2.24) is 0 Å². The number of phosphoric ester groups is 2. The smallest absolute Gasteiger partial charge is 0.463 e. The third-order valence-corrected chi connectivity index (χ3v) is 16.1. The van der Waals surface area contributed by atoms with Crippen LogP contribution in [0.2, 0.25) is 0 Å². The van der Waals surface area contributed by atoms with E-state index in [0.29, 0.717) is 25.7 Å². The predicted molar refractivity (Wildman–Crippen MR) is 389 cm³/mol. The normalized spacial score (nSPS) is 15.1. The van der Waals surface area contributed by atoms with Crippen LogP contribution in [0.4, 0.5) is 0 Å². The Kier molecular flexibility index (Phi) is 65.6. The quantitative estimate of drug-likeness (QED) is 0.0146. The Morgan fingerprint density at radius 3 is 0.926 bits per heavy atom. The van der Waals surface area contributed by atoms with Gasteiger partial charge < -0.3 is 34.2 Å². The van der Waals surface area contributed by atoms with Gasteiger partial charge in [-0.3, -0.25) is 32.5 Å². The van der Waals surface area contributed by atoms with Crippen molar-refractivity contribution in [1.29, 1.82) is 0 Å². The number of allylic oxidation sites excluding steroid dienone is 26. The van der Waals surface area contributed by atoms with E-state index in [-0.39, 0.29) is 19.3 Å². The number of aliphatic hydroxyl groups excluding tert-OH is 2. The van der Waals surface area contributed by atoms with Gasteiger partial charge in [-0.05, 0) is 141 Å². The first-order valence-electron chi connectivity index (χ1n) is 35.8. The molecule has 4 N–H and O–H groups in total. The Hall–Kier alpha value is -4.83. The standard InChI is InChI=1S/C77H126O16P2/c1-4-7-10-13-16-19-22-25-28-31-32-33-34-35-36-37-38-41-43-45-48-51-54-57-60-63-75(80)87-66-72(78)67-89-94(83,84)90-68-73(79)69-91-95(85,86)92-71-74(93-77(82)65-62-59-56-53-50-47-44-40-30-27-24-21-18-15-12-9-6-3)70-88-76(81)64-61-58-55-52-49-46-42-39-29-26-23-20-17-14-11-8-5-2/h8-9,11-12,16-21,25-30,32-33,35-36,42,44,46-47,52,55,72-74,78-79H,4-7,10,13-15,22-24,31,34,37-41,43,45,48-51,53-54,56-71H2,1-3H3,(H,83,84)(H,85,86)/b11-8-,12-9-,19-16-,20-17-,21-18-,28-25-,29-26-,30-27-,33-32-,36-35-,46-42-,47-44-,55-52-. The number of ether oxygens (including phenoxy) is 3. The van der Waals surface area contributed by atoms with E-state index in [0.717, 1.165) is 135 Å². The van der Waals surface area contributed by atoms with Crippen molar-refractivity contribution >= 4 is 33.6 Å². The first-order valence-corrected chi connectivity index (χ1v) is 38.8. The van der Waals surface area contributed by atoms with E-state index >= 15 is 0 Å². The van der Waals surface area contributed by atoms with E-state index in [1.165, 1.54) is 51.4 Å². The van der Waals surface area contributed by atoms with Crippen molar-refractivity contribution in [2.45, 2.75) is 270 Å². The summed E-state index contributed by atoms with van der Waals surface area (Å²) in [5, 5.41) is 20.6. The van der Waals surface area contributed by atoms with Gasteiger partial charge in [-0.1, -0.05) is 249 Å². The molecule has 0 fully saturated rings. The second kappa shape index (κ2) is 69.1. The molecule has 0 spiro atoms. The summed E-state index contributed by atoms with van der Waals surface area (Å²) in [5.74, 6) is -1.69. The van der Waals surface area contributed by atoms with Gasteiger partial charge in [0.2, 0.25) is 0 Å². The topological polar surface area (TPSA) is 231 Å². The molecule has 18 heteroatoms. The lowest BCUT2D eigenvalue weighted by Crippen LogP contribution is -2.30. The number of carbonyl (C=O) groups is 3. The zero-order chi connectivity index (χ0) is 69.5. The molecule has 0 aromatic heterocycles. The number of hydrogen-bond acceptors (Lipinski definition) is 14. The molecule has 0 aliphatic heterocycles. The van der Waals surface area contributed by atoms with Gasteiger partial charge in [0.15, 0.2) is 6.10 Å². The van der Waals surface area contributed by atoms with Crippen molar-refractivity contribution in [2.24, 2.45) is 0 Å². The lowest BCUT2D eigenvalue weighted by molar-refractivity contribution is -0.161. The lowest BCUT2D eigenvalue weighted by Gasteiger charge is -2.21. The van der Waals surface area contributed by atoms with Gasteiger partial charge in [0.1, 0.15) is 25.4 Å². The SMILES string of the molecule is CC/C=C\C/C=C\C/C=C\C/C=C\C/C=C\CCCC(=O)OCC(COP(=O)(O)OCC(O)COP(=O)(O)OCC(O)COC(=O)CCCCCCCCCCC/C=C\C/C=C\C/C=C\C/C=C\CCCCC)OC(=O)CCCCCC/C=C\C/C=C\C/C=C\C/C=C\CC. The zero-order valence-corrected chi connectivity index (χ0v) is 60.3. The maximum Gasteiger partial charge on any atom is 0.472 e. The number of phosphoric acid groups is 2. The molecule has 0 aliphatic carbocycles. The Balaban J connectivity index is 4.69. The summed E-state index contributed by atoms with van der Waals surface area (Å²) in [5.41, 5.74) is 0. The third kappa shape index (κ3) is 70.3. The van der Waals surface area contributed by atoms with Crippen LogP contribution in [-0.4, -0.2) is 95.9 Å². The number of unbranched alkanes of at least 4 members (excludes halogenated alkanes) is 17. The van der Waals surface area contributed by atoms with Crippen molar-refractivity contribution in [2.75, 3.05) is 39.6 Å². The highest BCUT2D eigenvalue weighted by Gasteiger charge is 2.29. The molecule has 0 radical (unpaired) electrons. The Bertz CT molecular complexity index is 2360. The highest BCUT2D eigenvalue weighted by atomic mass is 31.2. The van der Waals surface area contributed by atoms with Crippen LogP contribution in [0.15, 0.2) is 158 Å². The number of esters is 3. The van der Waals surface area contributed by atoms with E-state index in [1.807, 2.05) is 12.2 Å². The molecular weight excluding hydrogens is 1240 g/mol. The predicted octanol–water partition coefficient (Wildman–Crippen LogP) is 20.3. The van der Waals surface area contributed by atoms with Gasteiger partial charge in [-0.2, -0.15) is 0 Å². The molecule has 0 bridgehead atoms. The first-order chi connectivity index (χ1) is 46.2. The molecule has 95 heavy (non-hydrogen) atoms. The summed E-state index contributed by atoms with van der Waals surface area (Å²) in [6.45, 7) is 2.29. The maximum absolute atomic E-state index is 12.9. The highest BCUT2D eigenvalue weighted by molar-refractivity contribution is 7.47. The summed E-state index contributed by atoms with van der Waals surface area (Å²) in [7, 11) is -9.82. The van der Waals surface area contributed by atoms with E-state index in [1.54, 1.807) is 0 Å². The number of aliphatic hydroxyl groups is 2. The Labute approximate surface area is 574 Å². The van der Waals surface area contributed by atoms with E-state index in [2.05, 4.69) is 167 Å². The molecule has 0 heterocycles. The van der Waals surface area contributed by atoms with Crippen molar-refractivity contribution in [3.63, 3.8) is 0 Å². The molecule has 0 saturated heterocycles. The van der Waals surface area contributed by atoms with Crippen molar-refractivity contribution in [3.05, 3.63) is 158 Å². The van der Waals surface area contributed by atoms with Gasteiger partial charge in [-0.15, -0.1) is 0 Å². The van der Waals surface area contributed by atoms with Gasteiger partial charge >= 0.3 is 33.6 Å². The molecule has 0 amide bonds. The average molecular weight is 1370 g/mol. The minimum atomic E-state index is -4.95. The lowest BCUT2D eigenvalue weighted by atomic mass is 10.1.